The third-order valence-corrected chi connectivity index (χ3v) is 9.45. The minimum atomic E-state index is -0.815. The molecule has 1 heterocycles. The van der Waals surface area contributed by atoms with E-state index in [4.69, 9.17) is 14.2 Å². The molecule has 2 aromatic carbocycles. The van der Waals surface area contributed by atoms with Gasteiger partial charge in [0.2, 0.25) is 11.8 Å². The number of likely N-dealkylation sites (N-methyl/N-ethyl adjacent to an activating group) is 1. The van der Waals surface area contributed by atoms with Gasteiger partial charge in [0, 0.05) is 47.4 Å². The predicted octanol–water partition coefficient (Wildman–Crippen LogP) is 3.63. The van der Waals surface area contributed by atoms with Gasteiger partial charge in [0.05, 0.1) is 12.2 Å². The van der Waals surface area contributed by atoms with E-state index in [0.29, 0.717) is 29.4 Å². The predicted molar refractivity (Wildman–Crippen MR) is 166 cm³/mol. The molecule has 4 unspecified atom stereocenters. The zero-order valence-electron chi connectivity index (χ0n) is 24.1. The van der Waals surface area contributed by atoms with Gasteiger partial charge in [-0.3, -0.25) is 9.59 Å². The van der Waals surface area contributed by atoms with Gasteiger partial charge in [-0.25, -0.2) is 4.79 Å². The Morgan fingerprint density at radius 1 is 1.07 bits per heavy atom. The summed E-state index contributed by atoms with van der Waals surface area (Å²) < 4.78 is 20.4. The van der Waals surface area contributed by atoms with Crippen LogP contribution in [-0.2, 0) is 30.2 Å². The maximum Gasteiger partial charge on any atom is 0.338 e. The van der Waals surface area contributed by atoms with Crippen molar-refractivity contribution in [3.63, 3.8) is 0 Å². The summed E-state index contributed by atoms with van der Waals surface area (Å²) in [6, 6.07) is 15.9. The number of fused-ring (bicyclic) bond motifs is 1. The summed E-state index contributed by atoms with van der Waals surface area (Å²) in [5.41, 5.74) is 1.75. The Bertz CT molecular complexity index is 1380. The average Bonchev–Trinajstić information content (AvgIpc) is 3.95. The van der Waals surface area contributed by atoms with Crippen molar-refractivity contribution >= 4 is 40.4 Å². The molecule has 1 aliphatic heterocycles. The van der Waals surface area contributed by atoms with Crippen molar-refractivity contribution in [2.75, 3.05) is 20.2 Å². The van der Waals surface area contributed by atoms with E-state index in [1.807, 2.05) is 42.5 Å². The van der Waals surface area contributed by atoms with Gasteiger partial charge < -0.3 is 29.5 Å². The molecule has 43 heavy (non-hydrogen) atoms. The second-order valence-corrected chi connectivity index (χ2v) is 13.2. The first-order valence-electron chi connectivity index (χ1n) is 15.0. The highest BCUT2D eigenvalue weighted by molar-refractivity contribution is 14.1. The SMILES string of the molecule is CN(C(=O)C1=CC2OC(C3CC3)(C3CC3)OC2C(OC(=O)c2cccc(I)c2)C1)C(Cc1ccccc1)C(=O)NCCO. The lowest BCUT2D eigenvalue weighted by atomic mass is 9.90. The number of aliphatic hydroxyl groups excluding tert-OH is 1. The monoisotopic (exact) mass is 700 g/mol. The largest absolute Gasteiger partial charge is 0.456 e. The molecule has 10 heteroatoms. The lowest BCUT2D eigenvalue weighted by Gasteiger charge is -2.33. The van der Waals surface area contributed by atoms with E-state index >= 15 is 0 Å². The molecule has 0 radical (unpaired) electrons. The van der Waals surface area contributed by atoms with E-state index in [9.17, 15) is 19.5 Å². The maximum atomic E-state index is 14.1. The Morgan fingerprint density at radius 3 is 2.44 bits per heavy atom. The minimum Gasteiger partial charge on any atom is -0.456 e. The molecule has 4 aliphatic rings. The van der Waals surface area contributed by atoms with Gasteiger partial charge in [-0.1, -0.05) is 36.4 Å². The van der Waals surface area contributed by atoms with Crippen molar-refractivity contribution in [3.8, 4) is 0 Å². The molecular weight excluding hydrogens is 663 g/mol. The van der Waals surface area contributed by atoms with E-state index in [2.05, 4.69) is 27.9 Å². The van der Waals surface area contributed by atoms with Crippen LogP contribution >= 0.6 is 22.6 Å². The highest BCUT2D eigenvalue weighted by atomic mass is 127. The fraction of sp³-hybridized carbons (Fsp3) is 0.485. The number of hydrogen-bond acceptors (Lipinski definition) is 7. The number of rotatable bonds is 11. The Balaban J connectivity index is 1.27. The molecule has 0 bridgehead atoms. The number of halogens is 1. The summed E-state index contributed by atoms with van der Waals surface area (Å²) >= 11 is 2.15. The lowest BCUT2D eigenvalue weighted by molar-refractivity contribution is -0.209. The number of esters is 1. The number of carbonyl (C=O) groups excluding carboxylic acids is 3. The van der Waals surface area contributed by atoms with Crippen LogP contribution < -0.4 is 5.32 Å². The van der Waals surface area contributed by atoms with Gasteiger partial charge in [-0.15, -0.1) is 0 Å². The van der Waals surface area contributed by atoms with Crippen molar-refractivity contribution < 1.29 is 33.7 Å². The second-order valence-electron chi connectivity index (χ2n) is 11.9. The molecule has 9 nitrogen and oxygen atoms in total. The molecular formula is C33H37IN2O7. The third kappa shape index (κ3) is 6.52. The molecule has 6 rings (SSSR count). The van der Waals surface area contributed by atoms with Crippen LogP contribution in [0.4, 0.5) is 0 Å². The van der Waals surface area contributed by atoms with Gasteiger partial charge in [0.15, 0.2) is 5.79 Å². The van der Waals surface area contributed by atoms with Gasteiger partial charge >= 0.3 is 5.97 Å². The summed E-state index contributed by atoms with van der Waals surface area (Å²) in [5.74, 6) is -1.27. The molecule has 2 aromatic rings. The molecule has 3 aliphatic carbocycles. The van der Waals surface area contributed by atoms with E-state index in [0.717, 1.165) is 34.8 Å². The Morgan fingerprint density at radius 2 is 1.79 bits per heavy atom. The first-order chi connectivity index (χ1) is 20.8. The average molecular weight is 701 g/mol. The number of ether oxygens (including phenoxy) is 3. The van der Waals surface area contributed by atoms with Crippen LogP contribution in [-0.4, -0.2) is 78.1 Å². The molecule has 228 valence electrons. The van der Waals surface area contributed by atoms with Crippen LogP contribution in [0.5, 0.6) is 0 Å². The minimum absolute atomic E-state index is 0.0879. The third-order valence-electron chi connectivity index (χ3n) is 8.78. The van der Waals surface area contributed by atoms with Crippen LogP contribution in [0.3, 0.4) is 0 Å². The summed E-state index contributed by atoms with van der Waals surface area (Å²) in [4.78, 5) is 42.0. The Kier molecular flexibility index (Phi) is 8.91. The smallest absolute Gasteiger partial charge is 0.338 e. The first-order valence-corrected chi connectivity index (χ1v) is 16.1. The highest BCUT2D eigenvalue weighted by Crippen LogP contribution is 2.59. The molecule has 4 atom stereocenters. The van der Waals surface area contributed by atoms with E-state index < -0.39 is 36.1 Å². The molecule has 2 amide bonds. The van der Waals surface area contributed by atoms with Crippen LogP contribution in [0.15, 0.2) is 66.2 Å². The number of amides is 2. The maximum absolute atomic E-state index is 14.1. The van der Waals surface area contributed by atoms with E-state index in [-0.39, 0.29) is 31.4 Å². The molecule has 0 spiro atoms. The summed E-state index contributed by atoms with van der Waals surface area (Å²) in [6.45, 7) is -0.116. The van der Waals surface area contributed by atoms with Crippen LogP contribution in [0, 0.1) is 15.4 Å². The van der Waals surface area contributed by atoms with Crippen molar-refractivity contribution in [3.05, 3.63) is 80.9 Å². The van der Waals surface area contributed by atoms with Crippen molar-refractivity contribution in [2.24, 2.45) is 11.8 Å². The number of nitrogens with zero attached hydrogens (tertiary/aromatic N) is 1. The fourth-order valence-corrected chi connectivity index (χ4v) is 6.83. The zero-order valence-corrected chi connectivity index (χ0v) is 26.3. The van der Waals surface area contributed by atoms with Gasteiger partial charge in [0.1, 0.15) is 24.4 Å². The van der Waals surface area contributed by atoms with Gasteiger partial charge in [-0.2, -0.15) is 0 Å². The first kappa shape index (κ1) is 30.2. The van der Waals surface area contributed by atoms with Crippen LogP contribution in [0.25, 0.3) is 0 Å². The van der Waals surface area contributed by atoms with Crippen molar-refractivity contribution in [1.82, 2.24) is 10.2 Å². The molecule has 2 saturated carbocycles. The summed E-state index contributed by atoms with van der Waals surface area (Å²) in [5, 5.41) is 12.0. The second kappa shape index (κ2) is 12.7. The topological polar surface area (TPSA) is 114 Å². The number of aliphatic hydroxyl groups is 1. The van der Waals surface area contributed by atoms with Crippen molar-refractivity contribution in [2.45, 2.75) is 68.7 Å². The van der Waals surface area contributed by atoms with Gasteiger partial charge in [-0.05, 0) is 78.1 Å². The normalized spacial score (nSPS) is 24.8. The number of hydrogen-bond donors (Lipinski definition) is 2. The number of benzene rings is 2. The van der Waals surface area contributed by atoms with E-state index in [1.165, 1.54) is 4.90 Å². The quantitative estimate of drug-likeness (QED) is 0.272. The molecule has 1 saturated heterocycles. The summed E-state index contributed by atoms with van der Waals surface area (Å²) in [6.07, 6.45) is 4.59. The highest BCUT2D eigenvalue weighted by Gasteiger charge is 2.64. The van der Waals surface area contributed by atoms with Crippen molar-refractivity contribution in [1.29, 1.82) is 0 Å². The Labute approximate surface area is 265 Å². The molecule has 3 fully saturated rings. The van der Waals surface area contributed by atoms with Gasteiger partial charge in [0.25, 0.3) is 0 Å². The lowest BCUT2D eigenvalue weighted by Crippen LogP contribution is -2.51. The summed E-state index contributed by atoms with van der Waals surface area (Å²) in [7, 11) is 1.61. The fourth-order valence-electron chi connectivity index (χ4n) is 6.29. The standard InChI is InChI=1S/C33H37IN2O7/c1-36(26(30(38)35-14-15-37)16-20-6-3-2-4-7-20)31(39)22-18-27(41-32(40)21-8-5-9-25(34)17-21)29-28(19-22)42-33(43-29,23-10-11-23)24-12-13-24/h2-9,17,19,23-24,26-29,37H,10-16,18H2,1H3,(H,35,38). The number of nitrogens with one attached hydrogen (secondary N) is 1. The van der Waals surface area contributed by atoms with E-state index in [1.54, 1.807) is 25.2 Å². The van der Waals surface area contributed by atoms with Crippen LogP contribution in [0.2, 0.25) is 0 Å². The molecule has 0 aromatic heterocycles. The zero-order chi connectivity index (χ0) is 30.1. The number of carbonyl (C=O) groups is 3. The Hall–Kier alpha value is -2.80. The molecule has 2 N–H and O–H groups in total. The van der Waals surface area contributed by atoms with Crippen LogP contribution in [0.1, 0.15) is 48.0 Å².